The van der Waals surface area contributed by atoms with E-state index in [0.29, 0.717) is 31.4 Å². The predicted molar refractivity (Wildman–Crippen MR) is 78.6 cm³/mol. The molecule has 6 nitrogen and oxygen atoms in total. The number of carbonyl (C=O) groups is 1. The van der Waals surface area contributed by atoms with E-state index in [9.17, 15) is 18.3 Å². The number of ether oxygens (including phenoxy) is 1. The molecule has 120 valence electrons. The van der Waals surface area contributed by atoms with Crippen molar-refractivity contribution in [2.24, 2.45) is 5.92 Å². The van der Waals surface area contributed by atoms with Gasteiger partial charge < -0.3 is 9.84 Å². The number of sulfonamides is 1. The molecule has 0 radical (unpaired) electrons. The van der Waals surface area contributed by atoms with Gasteiger partial charge in [-0.05, 0) is 31.4 Å². The first-order valence-corrected chi connectivity index (χ1v) is 8.77. The third-order valence-corrected chi connectivity index (χ3v) is 6.34. The molecule has 0 saturated heterocycles. The zero-order valence-corrected chi connectivity index (χ0v) is 13.1. The number of carboxylic acids is 1. The summed E-state index contributed by atoms with van der Waals surface area (Å²) in [6.07, 6.45) is 1.71. The van der Waals surface area contributed by atoms with Gasteiger partial charge in [0.05, 0.1) is 24.0 Å². The zero-order valence-electron chi connectivity index (χ0n) is 12.3. The molecule has 1 aromatic carbocycles. The maximum Gasteiger partial charge on any atom is 0.308 e. The molecule has 1 fully saturated rings. The molecular weight excluding hydrogens is 306 g/mol. The largest absolute Gasteiger partial charge is 0.481 e. The van der Waals surface area contributed by atoms with Crippen molar-refractivity contribution < 1.29 is 23.1 Å². The molecule has 1 aromatic rings. The minimum atomic E-state index is -3.79. The van der Waals surface area contributed by atoms with Crippen LogP contribution in [0.15, 0.2) is 23.1 Å². The van der Waals surface area contributed by atoms with Crippen molar-refractivity contribution in [2.75, 3.05) is 0 Å². The van der Waals surface area contributed by atoms with Gasteiger partial charge in [0.25, 0.3) is 0 Å². The molecule has 0 unspecified atom stereocenters. The van der Waals surface area contributed by atoms with Crippen molar-refractivity contribution in [2.45, 2.75) is 49.8 Å². The van der Waals surface area contributed by atoms with E-state index in [4.69, 9.17) is 4.74 Å². The van der Waals surface area contributed by atoms with E-state index in [1.807, 2.05) is 6.07 Å². The minimum Gasteiger partial charge on any atom is -0.481 e. The molecular formula is C15H19NO5S. The lowest BCUT2D eigenvalue weighted by Crippen LogP contribution is -2.50. The Balaban J connectivity index is 1.95. The van der Waals surface area contributed by atoms with Gasteiger partial charge in [-0.1, -0.05) is 18.6 Å². The van der Waals surface area contributed by atoms with E-state index in [1.165, 1.54) is 0 Å². The molecule has 7 heteroatoms. The average molecular weight is 325 g/mol. The number of hydrogen-bond acceptors (Lipinski definition) is 4. The molecule has 0 spiro atoms. The van der Waals surface area contributed by atoms with Crippen LogP contribution in [-0.4, -0.2) is 25.0 Å². The van der Waals surface area contributed by atoms with Crippen molar-refractivity contribution >= 4 is 16.0 Å². The number of benzene rings is 1. The van der Waals surface area contributed by atoms with Gasteiger partial charge in [0.2, 0.25) is 10.0 Å². The Hall–Kier alpha value is -1.44. The van der Waals surface area contributed by atoms with Crippen LogP contribution >= 0.6 is 0 Å². The third-order valence-electron chi connectivity index (χ3n) is 4.65. The number of nitrogens with one attached hydrogen (secondary N) is 1. The van der Waals surface area contributed by atoms with Crippen molar-refractivity contribution in [3.05, 3.63) is 29.3 Å². The lowest BCUT2D eigenvalue weighted by atomic mass is 9.90. The summed E-state index contributed by atoms with van der Waals surface area (Å²) in [5.74, 6) is -1.65. The highest BCUT2D eigenvalue weighted by Gasteiger charge is 2.46. The number of carboxylic acid groups (broad SMARTS) is 1. The van der Waals surface area contributed by atoms with Crippen molar-refractivity contribution in [3.63, 3.8) is 0 Å². The van der Waals surface area contributed by atoms with Gasteiger partial charge >= 0.3 is 5.97 Å². The summed E-state index contributed by atoms with van der Waals surface area (Å²) in [7, 11) is -3.79. The highest BCUT2D eigenvalue weighted by molar-refractivity contribution is 7.89. The summed E-state index contributed by atoms with van der Waals surface area (Å²) in [6.45, 7) is 2.36. The Morgan fingerprint density at radius 3 is 2.91 bits per heavy atom. The van der Waals surface area contributed by atoms with E-state index in [-0.39, 0.29) is 11.5 Å². The second-order valence-corrected chi connectivity index (χ2v) is 7.84. The first-order chi connectivity index (χ1) is 10.3. The molecule has 22 heavy (non-hydrogen) atoms. The van der Waals surface area contributed by atoms with Gasteiger partial charge in [0.15, 0.2) is 0 Å². The lowest BCUT2D eigenvalue weighted by molar-refractivity contribution is -0.143. The topological polar surface area (TPSA) is 92.7 Å². The molecule has 1 aliphatic carbocycles. The van der Waals surface area contributed by atoms with Crippen LogP contribution in [0.3, 0.4) is 0 Å². The normalized spacial score (nSPS) is 27.8. The molecule has 1 aliphatic heterocycles. The fourth-order valence-electron chi connectivity index (χ4n) is 3.47. The van der Waals surface area contributed by atoms with Crippen LogP contribution in [0.2, 0.25) is 0 Å². The van der Waals surface area contributed by atoms with Gasteiger partial charge in [-0.15, -0.1) is 0 Å². The van der Waals surface area contributed by atoms with Crippen LogP contribution in [-0.2, 0) is 32.8 Å². The Kier molecular flexibility index (Phi) is 3.74. The fourth-order valence-corrected chi connectivity index (χ4v) is 5.21. The van der Waals surface area contributed by atoms with Crippen LogP contribution in [0.5, 0.6) is 0 Å². The predicted octanol–water partition coefficient (Wildman–Crippen LogP) is 1.64. The quantitative estimate of drug-likeness (QED) is 0.878. The van der Waals surface area contributed by atoms with Gasteiger partial charge in [-0.2, -0.15) is 0 Å². The number of rotatable bonds is 4. The SMILES string of the molecule is C[C@]1(NS(=O)(=O)c2cccc3c2COC3)CCC[C@H]1C(=O)O. The second kappa shape index (κ2) is 5.33. The summed E-state index contributed by atoms with van der Waals surface area (Å²) in [4.78, 5) is 11.6. The Bertz CT molecular complexity index is 715. The molecule has 1 heterocycles. The van der Waals surface area contributed by atoms with E-state index < -0.39 is 27.4 Å². The molecule has 2 atom stereocenters. The molecule has 0 aromatic heterocycles. The fraction of sp³-hybridized carbons (Fsp3) is 0.533. The summed E-state index contributed by atoms with van der Waals surface area (Å²) in [5.41, 5.74) is 0.588. The Morgan fingerprint density at radius 2 is 2.18 bits per heavy atom. The molecule has 2 N–H and O–H groups in total. The van der Waals surface area contributed by atoms with Crippen molar-refractivity contribution in [3.8, 4) is 0 Å². The van der Waals surface area contributed by atoms with E-state index >= 15 is 0 Å². The number of aliphatic carboxylic acids is 1. The molecule has 2 aliphatic rings. The van der Waals surface area contributed by atoms with Gasteiger partial charge in [-0.25, -0.2) is 13.1 Å². The Morgan fingerprint density at radius 1 is 1.41 bits per heavy atom. The maximum atomic E-state index is 12.8. The van der Waals surface area contributed by atoms with Crippen LogP contribution in [0.1, 0.15) is 37.3 Å². The minimum absolute atomic E-state index is 0.194. The summed E-state index contributed by atoms with van der Waals surface area (Å²) >= 11 is 0. The highest BCUT2D eigenvalue weighted by Crippen LogP contribution is 2.37. The average Bonchev–Trinajstić information content (AvgIpc) is 3.03. The maximum absolute atomic E-state index is 12.8. The van der Waals surface area contributed by atoms with Gasteiger partial charge in [-0.3, -0.25) is 4.79 Å². The number of fused-ring (bicyclic) bond motifs is 1. The van der Waals surface area contributed by atoms with Crippen LogP contribution < -0.4 is 4.72 Å². The van der Waals surface area contributed by atoms with Crippen molar-refractivity contribution in [1.82, 2.24) is 4.72 Å². The molecule has 3 rings (SSSR count). The molecule has 1 saturated carbocycles. The van der Waals surface area contributed by atoms with Crippen molar-refractivity contribution in [1.29, 1.82) is 0 Å². The lowest BCUT2D eigenvalue weighted by Gasteiger charge is -2.30. The monoisotopic (exact) mass is 325 g/mol. The van der Waals surface area contributed by atoms with E-state index in [0.717, 1.165) is 5.56 Å². The first kappa shape index (κ1) is 15.5. The summed E-state index contributed by atoms with van der Waals surface area (Å²) in [5, 5.41) is 9.32. The molecule has 0 amide bonds. The Labute approximate surface area is 129 Å². The standard InChI is InChI=1S/C15H19NO5S/c1-15(7-3-5-12(15)14(17)18)16-22(19,20)13-6-2-4-10-8-21-9-11(10)13/h2,4,6,12,16H,3,5,7-9H2,1H3,(H,17,18)/t12-,15-/m0/s1. The number of hydrogen-bond donors (Lipinski definition) is 2. The second-order valence-electron chi connectivity index (χ2n) is 6.19. The van der Waals surface area contributed by atoms with Crippen LogP contribution in [0.25, 0.3) is 0 Å². The van der Waals surface area contributed by atoms with E-state index in [1.54, 1.807) is 19.1 Å². The third kappa shape index (κ3) is 2.53. The van der Waals surface area contributed by atoms with E-state index in [2.05, 4.69) is 4.72 Å². The van der Waals surface area contributed by atoms with Gasteiger partial charge in [0.1, 0.15) is 0 Å². The highest BCUT2D eigenvalue weighted by atomic mass is 32.2. The first-order valence-electron chi connectivity index (χ1n) is 7.29. The zero-order chi connectivity index (χ0) is 16.0. The smallest absolute Gasteiger partial charge is 0.308 e. The summed E-state index contributed by atoms with van der Waals surface area (Å²) in [6, 6.07) is 5.08. The summed E-state index contributed by atoms with van der Waals surface area (Å²) < 4.78 is 33.5. The molecule has 0 bridgehead atoms. The van der Waals surface area contributed by atoms with Crippen LogP contribution in [0, 0.1) is 5.92 Å². The van der Waals surface area contributed by atoms with Gasteiger partial charge in [0, 0.05) is 11.1 Å². The van der Waals surface area contributed by atoms with Crippen LogP contribution in [0.4, 0.5) is 0 Å².